The first kappa shape index (κ1) is 13.2. The van der Waals surface area contributed by atoms with Crippen LogP contribution in [-0.4, -0.2) is 16.3 Å². The van der Waals surface area contributed by atoms with E-state index in [0.717, 1.165) is 22.3 Å². The van der Waals surface area contributed by atoms with E-state index in [9.17, 15) is 8.78 Å². The van der Waals surface area contributed by atoms with Crippen LogP contribution in [0.25, 0.3) is 11.3 Å². The van der Waals surface area contributed by atoms with Gasteiger partial charge < -0.3 is 5.73 Å². The number of benzene rings is 1. The molecule has 0 unspecified atom stereocenters. The summed E-state index contributed by atoms with van der Waals surface area (Å²) in [6.07, 6.45) is 0.660. The van der Waals surface area contributed by atoms with Gasteiger partial charge in [-0.15, -0.1) is 0 Å². The normalized spacial score (nSPS) is 10.9. The van der Waals surface area contributed by atoms with Crippen LogP contribution in [0, 0.1) is 11.6 Å². The Kier molecular flexibility index (Phi) is 3.77. The monoisotopic (exact) mass is 315 g/mol. The summed E-state index contributed by atoms with van der Waals surface area (Å²) < 4.78 is 28.6. The minimum atomic E-state index is -0.884. The number of aryl methyl sites for hydroxylation is 1. The van der Waals surface area contributed by atoms with Gasteiger partial charge in [0.15, 0.2) is 11.6 Å². The number of aromatic nitrogens is 2. The molecule has 0 bridgehead atoms. The predicted molar refractivity (Wildman–Crippen MR) is 69.0 cm³/mol. The molecule has 0 radical (unpaired) electrons. The van der Waals surface area contributed by atoms with E-state index in [0.29, 0.717) is 24.2 Å². The molecule has 2 aromatic rings. The molecular formula is C12H12BrF2N3. The minimum absolute atomic E-state index is 0.495. The van der Waals surface area contributed by atoms with Crippen LogP contribution >= 0.6 is 15.9 Å². The Labute approximate surface area is 112 Å². The van der Waals surface area contributed by atoms with Gasteiger partial charge in [-0.25, -0.2) is 8.78 Å². The molecule has 1 heterocycles. The standard InChI is InChI=1S/C12H12BrF2N3/c1-18-10(4-5-16)11(13)12(17-18)7-2-3-8(14)9(15)6-7/h2-3,6H,4-5,16H2,1H3. The van der Waals surface area contributed by atoms with Crippen LogP contribution in [0.4, 0.5) is 8.78 Å². The summed E-state index contributed by atoms with van der Waals surface area (Å²) in [5, 5.41) is 4.29. The summed E-state index contributed by atoms with van der Waals surface area (Å²) in [7, 11) is 1.79. The Bertz CT molecular complexity index is 581. The molecule has 0 fully saturated rings. The average Bonchev–Trinajstić information content (AvgIpc) is 2.61. The van der Waals surface area contributed by atoms with Crippen molar-refractivity contribution in [3.8, 4) is 11.3 Å². The van der Waals surface area contributed by atoms with Gasteiger partial charge in [-0.3, -0.25) is 4.68 Å². The van der Waals surface area contributed by atoms with Crippen molar-refractivity contribution >= 4 is 15.9 Å². The van der Waals surface area contributed by atoms with Crippen LogP contribution in [0.3, 0.4) is 0 Å². The number of nitrogens with zero attached hydrogens (tertiary/aromatic N) is 2. The molecule has 0 saturated heterocycles. The van der Waals surface area contributed by atoms with E-state index in [4.69, 9.17) is 5.73 Å². The van der Waals surface area contributed by atoms with Crippen LogP contribution in [0.1, 0.15) is 5.69 Å². The molecule has 0 aliphatic carbocycles. The summed E-state index contributed by atoms with van der Waals surface area (Å²) in [5.74, 6) is -1.75. The number of nitrogens with two attached hydrogens (primary N) is 1. The molecule has 2 rings (SSSR count). The van der Waals surface area contributed by atoms with Gasteiger partial charge in [-0.1, -0.05) is 0 Å². The molecule has 0 spiro atoms. The van der Waals surface area contributed by atoms with E-state index in [1.165, 1.54) is 6.07 Å². The van der Waals surface area contributed by atoms with Crippen molar-refractivity contribution in [2.75, 3.05) is 6.54 Å². The smallest absolute Gasteiger partial charge is 0.159 e. The molecular weight excluding hydrogens is 304 g/mol. The summed E-state index contributed by atoms with van der Waals surface area (Å²) in [6, 6.07) is 3.72. The zero-order chi connectivity index (χ0) is 13.3. The molecule has 1 aromatic heterocycles. The van der Waals surface area contributed by atoms with E-state index in [1.54, 1.807) is 11.7 Å². The lowest BCUT2D eigenvalue weighted by Gasteiger charge is -2.00. The first-order valence-electron chi connectivity index (χ1n) is 5.41. The van der Waals surface area contributed by atoms with Crippen molar-refractivity contribution in [1.82, 2.24) is 9.78 Å². The highest BCUT2D eigenvalue weighted by molar-refractivity contribution is 9.10. The zero-order valence-corrected chi connectivity index (χ0v) is 11.3. The molecule has 18 heavy (non-hydrogen) atoms. The summed E-state index contributed by atoms with van der Waals surface area (Å²) >= 11 is 3.43. The molecule has 3 nitrogen and oxygen atoms in total. The maximum absolute atomic E-state index is 13.2. The van der Waals surface area contributed by atoms with E-state index >= 15 is 0 Å². The third-order valence-electron chi connectivity index (χ3n) is 2.68. The highest BCUT2D eigenvalue weighted by Crippen LogP contribution is 2.31. The fraction of sp³-hybridized carbons (Fsp3) is 0.250. The quantitative estimate of drug-likeness (QED) is 0.946. The summed E-state index contributed by atoms with van der Waals surface area (Å²) in [4.78, 5) is 0. The van der Waals surface area contributed by atoms with Crippen LogP contribution in [0.15, 0.2) is 22.7 Å². The van der Waals surface area contributed by atoms with Gasteiger partial charge in [0.1, 0.15) is 5.69 Å². The predicted octanol–water partition coefficient (Wildman–Crippen LogP) is 2.63. The maximum Gasteiger partial charge on any atom is 0.159 e. The van der Waals surface area contributed by atoms with Gasteiger partial charge in [0.2, 0.25) is 0 Å². The third-order valence-corrected chi connectivity index (χ3v) is 3.51. The Morgan fingerprint density at radius 2 is 2.06 bits per heavy atom. The second-order valence-electron chi connectivity index (χ2n) is 3.90. The second-order valence-corrected chi connectivity index (χ2v) is 4.69. The molecule has 0 aliphatic heterocycles. The average molecular weight is 316 g/mol. The Hall–Kier alpha value is -1.27. The molecule has 96 valence electrons. The number of hydrogen-bond acceptors (Lipinski definition) is 2. The SMILES string of the molecule is Cn1nc(-c2ccc(F)c(F)c2)c(Br)c1CCN. The highest BCUT2D eigenvalue weighted by atomic mass is 79.9. The van der Waals surface area contributed by atoms with Gasteiger partial charge in [0.05, 0.1) is 10.2 Å². The first-order valence-corrected chi connectivity index (χ1v) is 6.20. The lowest BCUT2D eigenvalue weighted by Crippen LogP contribution is -2.07. The van der Waals surface area contributed by atoms with Gasteiger partial charge in [-0.05, 0) is 40.7 Å². The Morgan fingerprint density at radius 3 is 2.67 bits per heavy atom. The highest BCUT2D eigenvalue weighted by Gasteiger charge is 2.16. The van der Waals surface area contributed by atoms with Crippen molar-refractivity contribution in [2.24, 2.45) is 12.8 Å². The van der Waals surface area contributed by atoms with E-state index in [-0.39, 0.29) is 0 Å². The fourth-order valence-electron chi connectivity index (χ4n) is 1.77. The molecule has 0 atom stereocenters. The van der Waals surface area contributed by atoms with Crippen molar-refractivity contribution in [3.63, 3.8) is 0 Å². The molecule has 1 aromatic carbocycles. The third kappa shape index (κ3) is 2.30. The van der Waals surface area contributed by atoms with Crippen LogP contribution < -0.4 is 5.73 Å². The molecule has 0 aliphatic rings. The lowest BCUT2D eigenvalue weighted by molar-refractivity contribution is 0.509. The zero-order valence-electron chi connectivity index (χ0n) is 9.75. The maximum atomic E-state index is 13.2. The summed E-state index contributed by atoms with van der Waals surface area (Å²) in [6.45, 7) is 0.495. The molecule has 2 N–H and O–H groups in total. The summed E-state index contributed by atoms with van der Waals surface area (Å²) in [5.41, 5.74) is 7.56. The number of rotatable bonds is 3. The van der Waals surface area contributed by atoms with Crippen molar-refractivity contribution < 1.29 is 8.78 Å². The van der Waals surface area contributed by atoms with Crippen molar-refractivity contribution in [1.29, 1.82) is 0 Å². The van der Waals surface area contributed by atoms with Crippen molar-refractivity contribution in [2.45, 2.75) is 6.42 Å². The topological polar surface area (TPSA) is 43.8 Å². The fourth-order valence-corrected chi connectivity index (χ4v) is 2.53. The first-order chi connectivity index (χ1) is 8.54. The van der Waals surface area contributed by atoms with Crippen LogP contribution in [-0.2, 0) is 13.5 Å². The van der Waals surface area contributed by atoms with Crippen LogP contribution in [0.2, 0.25) is 0 Å². The molecule has 0 amide bonds. The minimum Gasteiger partial charge on any atom is -0.330 e. The molecule has 6 heteroatoms. The second kappa shape index (κ2) is 5.16. The van der Waals surface area contributed by atoms with E-state index in [2.05, 4.69) is 21.0 Å². The van der Waals surface area contributed by atoms with E-state index < -0.39 is 11.6 Å². The van der Waals surface area contributed by atoms with Gasteiger partial charge >= 0.3 is 0 Å². The van der Waals surface area contributed by atoms with Crippen LogP contribution in [0.5, 0.6) is 0 Å². The largest absolute Gasteiger partial charge is 0.330 e. The Balaban J connectivity index is 2.50. The van der Waals surface area contributed by atoms with Gasteiger partial charge in [0, 0.05) is 19.0 Å². The van der Waals surface area contributed by atoms with E-state index in [1.807, 2.05) is 0 Å². The van der Waals surface area contributed by atoms with Gasteiger partial charge in [0.25, 0.3) is 0 Å². The van der Waals surface area contributed by atoms with Gasteiger partial charge in [-0.2, -0.15) is 5.10 Å². The molecule has 0 saturated carbocycles. The lowest BCUT2D eigenvalue weighted by atomic mass is 10.1. The Morgan fingerprint density at radius 1 is 1.33 bits per heavy atom. The number of halogens is 3. The van der Waals surface area contributed by atoms with Crippen molar-refractivity contribution in [3.05, 3.63) is 40.0 Å². The number of hydrogen-bond donors (Lipinski definition) is 1.